The van der Waals surface area contributed by atoms with Crippen molar-refractivity contribution >= 4 is 38.5 Å². The lowest BCUT2D eigenvalue weighted by Crippen LogP contribution is -2.44. The third kappa shape index (κ3) is 4.90. The number of pyridine rings is 1. The van der Waals surface area contributed by atoms with Crippen LogP contribution in [0.1, 0.15) is 44.6 Å². The number of carbonyl (C=O) groups excluding carboxylic acids is 2. The molecule has 0 spiro atoms. The van der Waals surface area contributed by atoms with Gasteiger partial charge in [-0.1, -0.05) is 24.3 Å². The first-order chi connectivity index (χ1) is 15.9. The number of amides is 2. The van der Waals surface area contributed by atoms with Gasteiger partial charge in [0.05, 0.1) is 16.8 Å². The molecule has 2 aliphatic rings. The van der Waals surface area contributed by atoms with Crippen LogP contribution in [-0.4, -0.2) is 39.8 Å². The summed E-state index contributed by atoms with van der Waals surface area (Å²) >= 11 is 1.32. The molecule has 2 amide bonds. The summed E-state index contributed by atoms with van der Waals surface area (Å²) in [5.41, 5.74) is 1.77. The van der Waals surface area contributed by atoms with Gasteiger partial charge in [0, 0.05) is 37.8 Å². The molecule has 1 aromatic carbocycles. The topological polar surface area (TPSA) is 66.4 Å². The molecule has 3 heterocycles. The maximum Gasteiger partial charge on any atom is 0.232 e. The Bertz CT molecular complexity index is 1170. The molecule has 8 heteroatoms. The Kier molecular flexibility index (Phi) is 5.86. The van der Waals surface area contributed by atoms with Gasteiger partial charge in [0.15, 0.2) is 5.13 Å². The lowest BCUT2D eigenvalue weighted by Gasteiger charge is -2.34. The molecular weight excluding hydrogens is 439 g/mol. The van der Waals surface area contributed by atoms with Crippen molar-refractivity contribution in [2.75, 3.05) is 18.0 Å². The minimum Gasteiger partial charge on any atom is -0.343 e. The number of thiazole rings is 1. The fourth-order valence-corrected chi connectivity index (χ4v) is 5.37. The standard InChI is InChI=1S/C25H27FN4O2S/c1-25(8-9-25)14-22(31)29-11-6-18(7-12-29)23(32)30(16-17-3-2-10-27-15-17)24-28-20-5-4-19(26)13-21(20)33-24/h2-5,10,13,15,18H,6-9,11-12,14,16H2,1H3. The van der Waals surface area contributed by atoms with Crippen molar-refractivity contribution in [3.63, 3.8) is 0 Å². The predicted octanol–water partition coefficient (Wildman–Crippen LogP) is 4.79. The average molecular weight is 467 g/mol. The number of fused-ring (bicyclic) bond motifs is 1. The van der Waals surface area contributed by atoms with Gasteiger partial charge in [-0.3, -0.25) is 19.5 Å². The predicted molar refractivity (Wildman–Crippen MR) is 126 cm³/mol. The maximum atomic E-state index is 13.7. The molecule has 2 fully saturated rings. The number of benzene rings is 1. The summed E-state index contributed by atoms with van der Waals surface area (Å²) in [6, 6.07) is 8.25. The Labute approximate surface area is 196 Å². The molecule has 0 atom stereocenters. The zero-order chi connectivity index (χ0) is 23.0. The molecule has 1 aliphatic carbocycles. The number of nitrogens with zero attached hydrogens (tertiary/aromatic N) is 4. The lowest BCUT2D eigenvalue weighted by atomic mass is 9.94. The molecule has 1 saturated carbocycles. The normalized spacial score (nSPS) is 17.8. The van der Waals surface area contributed by atoms with Crippen LogP contribution in [0.5, 0.6) is 0 Å². The Hall–Kier alpha value is -2.87. The van der Waals surface area contributed by atoms with Crippen molar-refractivity contribution in [3.8, 4) is 0 Å². The first-order valence-electron chi connectivity index (χ1n) is 11.4. The fourth-order valence-electron chi connectivity index (χ4n) is 4.38. The minimum absolute atomic E-state index is 0.000338. The van der Waals surface area contributed by atoms with Gasteiger partial charge in [0.25, 0.3) is 0 Å². The van der Waals surface area contributed by atoms with Crippen molar-refractivity contribution in [2.45, 2.75) is 45.6 Å². The summed E-state index contributed by atoms with van der Waals surface area (Å²) in [6.45, 7) is 3.74. The summed E-state index contributed by atoms with van der Waals surface area (Å²) in [6.07, 6.45) is 7.60. The average Bonchev–Trinajstić information content (AvgIpc) is 3.39. The third-order valence-corrected chi connectivity index (χ3v) is 7.82. The van der Waals surface area contributed by atoms with E-state index in [1.165, 1.54) is 23.5 Å². The molecule has 6 nitrogen and oxygen atoms in total. The Morgan fingerprint density at radius 3 is 2.73 bits per heavy atom. The molecule has 1 aliphatic heterocycles. The Balaban J connectivity index is 1.33. The van der Waals surface area contributed by atoms with Crippen LogP contribution in [0.25, 0.3) is 10.2 Å². The zero-order valence-electron chi connectivity index (χ0n) is 18.7. The summed E-state index contributed by atoms with van der Waals surface area (Å²) in [4.78, 5) is 38.7. The number of piperidine rings is 1. The number of anilines is 1. The van der Waals surface area contributed by atoms with Crippen LogP contribution in [0, 0.1) is 17.2 Å². The highest BCUT2D eigenvalue weighted by atomic mass is 32.1. The maximum absolute atomic E-state index is 13.7. The van der Waals surface area contributed by atoms with E-state index in [1.807, 2.05) is 17.0 Å². The second-order valence-electron chi connectivity index (χ2n) is 9.54. The van der Waals surface area contributed by atoms with Crippen molar-refractivity contribution in [3.05, 3.63) is 54.1 Å². The number of carbonyl (C=O) groups is 2. The van der Waals surface area contributed by atoms with E-state index >= 15 is 0 Å². The highest BCUT2D eigenvalue weighted by Crippen LogP contribution is 2.48. The van der Waals surface area contributed by atoms with E-state index in [1.54, 1.807) is 23.4 Å². The smallest absolute Gasteiger partial charge is 0.232 e. The molecule has 3 aromatic rings. The molecule has 0 radical (unpaired) electrons. The molecule has 0 N–H and O–H groups in total. The van der Waals surface area contributed by atoms with Crippen LogP contribution in [0.2, 0.25) is 0 Å². The van der Waals surface area contributed by atoms with E-state index in [0.29, 0.717) is 54.2 Å². The van der Waals surface area contributed by atoms with Gasteiger partial charge in [-0.15, -0.1) is 0 Å². The van der Waals surface area contributed by atoms with Crippen LogP contribution in [-0.2, 0) is 16.1 Å². The lowest BCUT2D eigenvalue weighted by molar-refractivity contribution is -0.136. The number of halogens is 1. The summed E-state index contributed by atoms with van der Waals surface area (Å²) in [5, 5.41) is 0.560. The van der Waals surface area contributed by atoms with E-state index in [0.717, 1.165) is 18.4 Å². The van der Waals surface area contributed by atoms with Crippen LogP contribution < -0.4 is 4.90 Å². The van der Waals surface area contributed by atoms with Gasteiger partial charge in [-0.2, -0.15) is 0 Å². The van der Waals surface area contributed by atoms with Crippen LogP contribution >= 0.6 is 11.3 Å². The number of hydrogen-bond donors (Lipinski definition) is 0. The summed E-state index contributed by atoms with van der Waals surface area (Å²) < 4.78 is 14.4. The molecule has 1 saturated heterocycles. The van der Waals surface area contributed by atoms with Crippen LogP contribution in [0.3, 0.4) is 0 Å². The Morgan fingerprint density at radius 2 is 2.03 bits per heavy atom. The molecule has 0 bridgehead atoms. The second-order valence-corrected chi connectivity index (χ2v) is 10.5. The van der Waals surface area contributed by atoms with Crippen molar-refractivity contribution in [1.29, 1.82) is 0 Å². The molecule has 172 valence electrons. The van der Waals surface area contributed by atoms with E-state index in [4.69, 9.17) is 0 Å². The van der Waals surface area contributed by atoms with E-state index in [9.17, 15) is 14.0 Å². The van der Waals surface area contributed by atoms with Crippen LogP contribution in [0.15, 0.2) is 42.7 Å². The molecule has 5 rings (SSSR count). The number of aromatic nitrogens is 2. The van der Waals surface area contributed by atoms with Crippen molar-refractivity contribution < 1.29 is 14.0 Å². The Morgan fingerprint density at radius 1 is 1.24 bits per heavy atom. The van der Waals surface area contributed by atoms with Gasteiger partial charge in [-0.25, -0.2) is 9.37 Å². The van der Waals surface area contributed by atoms with E-state index < -0.39 is 0 Å². The van der Waals surface area contributed by atoms with Crippen molar-refractivity contribution in [1.82, 2.24) is 14.9 Å². The summed E-state index contributed by atoms with van der Waals surface area (Å²) in [5.74, 6) is -0.285. The molecular formula is C25H27FN4O2S. The number of hydrogen-bond acceptors (Lipinski definition) is 5. The fraction of sp³-hybridized carbons (Fsp3) is 0.440. The number of likely N-dealkylation sites (tertiary alicyclic amines) is 1. The molecule has 2 aromatic heterocycles. The van der Waals surface area contributed by atoms with Gasteiger partial charge in [0.1, 0.15) is 5.82 Å². The van der Waals surface area contributed by atoms with Crippen LogP contribution in [0.4, 0.5) is 9.52 Å². The molecule has 0 unspecified atom stereocenters. The zero-order valence-corrected chi connectivity index (χ0v) is 19.5. The van der Waals surface area contributed by atoms with Gasteiger partial charge in [-0.05, 0) is 60.9 Å². The third-order valence-electron chi connectivity index (χ3n) is 6.78. The number of rotatable bonds is 6. The first-order valence-corrected chi connectivity index (χ1v) is 12.3. The monoisotopic (exact) mass is 466 g/mol. The van der Waals surface area contributed by atoms with Gasteiger partial charge >= 0.3 is 0 Å². The second kappa shape index (κ2) is 8.82. The largest absolute Gasteiger partial charge is 0.343 e. The highest BCUT2D eigenvalue weighted by molar-refractivity contribution is 7.22. The summed E-state index contributed by atoms with van der Waals surface area (Å²) in [7, 11) is 0. The van der Waals surface area contributed by atoms with E-state index in [2.05, 4.69) is 16.9 Å². The quantitative estimate of drug-likeness (QED) is 0.524. The van der Waals surface area contributed by atoms with Gasteiger partial charge in [0.2, 0.25) is 11.8 Å². The van der Waals surface area contributed by atoms with Gasteiger partial charge < -0.3 is 4.90 Å². The van der Waals surface area contributed by atoms with Crippen molar-refractivity contribution in [2.24, 2.45) is 11.3 Å². The van der Waals surface area contributed by atoms with E-state index in [-0.39, 0.29) is 29.0 Å². The minimum atomic E-state index is -0.320. The SMILES string of the molecule is CC1(CC(=O)N2CCC(C(=O)N(Cc3cccnc3)c3nc4ccc(F)cc4s3)CC2)CC1. The first kappa shape index (κ1) is 21.9. The highest BCUT2D eigenvalue weighted by Gasteiger charge is 2.41. The molecule has 33 heavy (non-hydrogen) atoms.